The van der Waals surface area contributed by atoms with Crippen molar-refractivity contribution in [2.45, 2.75) is 20.4 Å². The summed E-state index contributed by atoms with van der Waals surface area (Å²) >= 11 is 5.95. The molecule has 0 saturated heterocycles. The van der Waals surface area contributed by atoms with Crippen molar-refractivity contribution in [2.24, 2.45) is 5.41 Å². The molecule has 1 aromatic heterocycles. The molecule has 0 aliphatic carbocycles. The highest BCUT2D eigenvalue weighted by Gasteiger charge is 2.16. The van der Waals surface area contributed by atoms with Crippen LogP contribution in [-0.2, 0) is 11.3 Å². The van der Waals surface area contributed by atoms with Gasteiger partial charge in [0.25, 0.3) is 0 Å². The molecule has 0 fully saturated rings. The lowest BCUT2D eigenvalue weighted by molar-refractivity contribution is -0.131. The number of hydrogen-bond donors (Lipinski definition) is 1. The van der Waals surface area contributed by atoms with Gasteiger partial charge in [-0.2, -0.15) is 5.10 Å². The SMILES string of the molecule is CC(C)(/C=C\C(=O)O)Cn1cnc(-c2cccc(Cl)c2)n1. The maximum Gasteiger partial charge on any atom is 0.327 e. The fourth-order valence-corrected chi connectivity index (χ4v) is 2.09. The number of carboxylic acid groups (broad SMARTS) is 1. The zero-order valence-electron chi connectivity index (χ0n) is 11.8. The van der Waals surface area contributed by atoms with E-state index in [9.17, 15) is 4.79 Å². The summed E-state index contributed by atoms with van der Waals surface area (Å²) < 4.78 is 1.70. The summed E-state index contributed by atoms with van der Waals surface area (Å²) in [5.41, 5.74) is 0.512. The second-order valence-electron chi connectivity index (χ2n) is 5.44. The average molecular weight is 306 g/mol. The van der Waals surface area contributed by atoms with Crippen LogP contribution in [0.15, 0.2) is 42.7 Å². The smallest absolute Gasteiger partial charge is 0.327 e. The minimum absolute atomic E-state index is 0.336. The molecule has 6 heteroatoms. The predicted octanol–water partition coefficient (Wildman–Crippen LogP) is 3.27. The number of carboxylic acids is 1. The summed E-state index contributed by atoms with van der Waals surface area (Å²) in [6, 6.07) is 7.33. The molecule has 2 rings (SSSR count). The van der Waals surface area contributed by atoms with Crippen LogP contribution in [0, 0.1) is 5.41 Å². The molecular weight excluding hydrogens is 290 g/mol. The third kappa shape index (κ3) is 4.43. The van der Waals surface area contributed by atoms with Crippen molar-refractivity contribution in [1.29, 1.82) is 0 Å². The highest BCUT2D eigenvalue weighted by molar-refractivity contribution is 6.30. The molecule has 1 heterocycles. The van der Waals surface area contributed by atoms with E-state index >= 15 is 0 Å². The normalized spacial score (nSPS) is 12.0. The lowest BCUT2D eigenvalue weighted by atomic mass is 9.93. The summed E-state index contributed by atoms with van der Waals surface area (Å²) in [6.45, 7) is 4.41. The second kappa shape index (κ2) is 6.10. The molecule has 1 N–H and O–H groups in total. The van der Waals surface area contributed by atoms with Gasteiger partial charge in [0, 0.05) is 22.1 Å². The molecule has 0 saturated carbocycles. The third-order valence-corrected chi connectivity index (χ3v) is 3.10. The minimum atomic E-state index is -0.957. The van der Waals surface area contributed by atoms with Crippen molar-refractivity contribution in [1.82, 2.24) is 14.8 Å². The van der Waals surface area contributed by atoms with Gasteiger partial charge in [-0.1, -0.05) is 43.7 Å². The number of benzene rings is 1. The van der Waals surface area contributed by atoms with E-state index in [2.05, 4.69) is 10.1 Å². The Morgan fingerprint density at radius 1 is 1.48 bits per heavy atom. The van der Waals surface area contributed by atoms with Gasteiger partial charge in [-0.05, 0) is 12.1 Å². The zero-order chi connectivity index (χ0) is 15.5. The van der Waals surface area contributed by atoms with Crippen LogP contribution in [-0.4, -0.2) is 25.8 Å². The highest BCUT2D eigenvalue weighted by atomic mass is 35.5. The van der Waals surface area contributed by atoms with E-state index in [-0.39, 0.29) is 5.41 Å². The lowest BCUT2D eigenvalue weighted by Gasteiger charge is -2.19. The Hall–Kier alpha value is -2.14. The molecule has 110 valence electrons. The summed E-state index contributed by atoms with van der Waals surface area (Å²) in [4.78, 5) is 14.8. The van der Waals surface area contributed by atoms with Gasteiger partial charge >= 0.3 is 5.97 Å². The van der Waals surface area contributed by atoms with Gasteiger partial charge in [-0.15, -0.1) is 0 Å². The first-order valence-electron chi connectivity index (χ1n) is 6.43. The molecule has 0 aliphatic heterocycles. The number of halogens is 1. The Bertz CT molecular complexity index is 677. The molecular formula is C15H16ClN3O2. The summed E-state index contributed by atoms with van der Waals surface area (Å²) in [5.74, 6) is -0.364. The lowest BCUT2D eigenvalue weighted by Crippen LogP contribution is -2.18. The summed E-state index contributed by atoms with van der Waals surface area (Å²) in [6.07, 6.45) is 4.43. The molecule has 0 unspecified atom stereocenters. The third-order valence-electron chi connectivity index (χ3n) is 2.87. The Morgan fingerprint density at radius 3 is 2.90 bits per heavy atom. The first kappa shape index (κ1) is 15.3. The molecule has 21 heavy (non-hydrogen) atoms. The Kier molecular flexibility index (Phi) is 4.43. The Balaban J connectivity index is 2.15. The van der Waals surface area contributed by atoms with Gasteiger partial charge in [0.05, 0.1) is 6.54 Å². The van der Waals surface area contributed by atoms with Crippen molar-refractivity contribution in [2.75, 3.05) is 0 Å². The van der Waals surface area contributed by atoms with Crippen molar-refractivity contribution in [3.63, 3.8) is 0 Å². The number of nitrogens with zero attached hydrogens (tertiary/aromatic N) is 3. The van der Waals surface area contributed by atoms with Gasteiger partial charge in [0.1, 0.15) is 6.33 Å². The molecule has 0 amide bonds. The van der Waals surface area contributed by atoms with E-state index in [4.69, 9.17) is 16.7 Å². The molecule has 2 aromatic rings. The molecule has 0 atom stereocenters. The largest absolute Gasteiger partial charge is 0.478 e. The van der Waals surface area contributed by atoms with Crippen molar-refractivity contribution in [3.8, 4) is 11.4 Å². The summed E-state index contributed by atoms with van der Waals surface area (Å²) in [5, 5.41) is 13.7. The van der Waals surface area contributed by atoms with E-state index in [1.165, 1.54) is 0 Å². The van der Waals surface area contributed by atoms with Crippen LogP contribution in [0.25, 0.3) is 11.4 Å². The summed E-state index contributed by atoms with van der Waals surface area (Å²) in [7, 11) is 0. The van der Waals surface area contributed by atoms with Crippen LogP contribution < -0.4 is 0 Å². The first-order chi connectivity index (χ1) is 9.85. The fourth-order valence-electron chi connectivity index (χ4n) is 1.90. The zero-order valence-corrected chi connectivity index (χ0v) is 12.6. The number of rotatable bonds is 5. The molecule has 1 aromatic carbocycles. The first-order valence-corrected chi connectivity index (χ1v) is 6.81. The molecule has 0 bridgehead atoms. The van der Waals surface area contributed by atoms with Crippen LogP contribution in [0.2, 0.25) is 5.02 Å². The van der Waals surface area contributed by atoms with Crippen LogP contribution in [0.4, 0.5) is 0 Å². The standard InChI is InChI=1S/C15H16ClN3O2/c1-15(2,7-6-13(20)21)9-19-10-17-14(18-19)11-4-3-5-12(16)8-11/h3-8,10H,9H2,1-2H3,(H,20,21)/b7-6-. The van der Waals surface area contributed by atoms with Gasteiger partial charge in [-0.25, -0.2) is 9.78 Å². The average Bonchev–Trinajstić information content (AvgIpc) is 2.84. The number of allylic oxidation sites excluding steroid dienone is 1. The maximum absolute atomic E-state index is 10.6. The molecule has 0 radical (unpaired) electrons. The van der Waals surface area contributed by atoms with Gasteiger partial charge in [0.15, 0.2) is 5.82 Å². The number of carbonyl (C=O) groups is 1. The molecule has 0 aliphatic rings. The van der Waals surface area contributed by atoms with Gasteiger partial charge in [0.2, 0.25) is 0 Å². The maximum atomic E-state index is 10.6. The fraction of sp³-hybridized carbons (Fsp3) is 0.267. The predicted molar refractivity (Wildman–Crippen MR) is 81.0 cm³/mol. The number of aromatic nitrogens is 3. The van der Waals surface area contributed by atoms with Crippen molar-refractivity contribution >= 4 is 17.6 Å². The molecule has 0 spiro atoms. The number of hydrogen-bond acceptors (Lipinski definition) is 3. The Morgan fingerprint density at radius 2 is 2.24 bits per heavy atom. The number of aliphatic carboxylic acids is 1. The van der Waals surface area contributed by atoms with Crippen LogP contribution in [0.5, 0.6) is 0 Å². The van der Waals surface area contributed by atoms with Crippen molar-refractivity contribution < 1.29 is 9.90 Å². The monoisotopic (exact) mass is 305 g/mol. The van der Waals surface area contributed by atoms with Crippen LogP contribution >= 0.6 is 11.6 Å². The quantitative estimate of drug-likeness (QED) is 0.861. The van der Waals surface area contributed by atoms with Gasteiger partial charge in [-0.3, -0.25) is 4.68 Å². The van der Waals surface area contributed by atoms with Crippen LogP contribution in [0.3, 0.4) is 0 Å². The highest BCUT2D eigenvalue weighted by Crippen LogP contribution is 2.22. The Labute approximate surface area is 127 Å². The van der Waals surface area contributed by atoms with Crippen molar-refractivity contribution in [3.05, 3.63) is 47.8 Å². The topological polar surface area (TPSA) is 68.0 Å². The van der Waals surface area contributed by atoms with E-state index in [0.717, 1.165) is 11.6 Å². The second-order valence-corrected chi connectivity index (χ2v) is 5.87. The van der Waals surface area contributed by atoms with E-state index in [1.54, 1.807) is 29.2 Å². The van der Waals surface area contributed by atoms with E-state index in [0.29, 0.717) is 17.4 Å². The van der Waals surface area contributed by atoms with E-state index in [1.807, 2.05) is 26.0 Å². The van der Waals surface area contributed by atoms with Crippen LogP contribution in [0.1, 0.15) is 13.8 Å². The van der Waals surface area contributed by atoms with E-state index < -0.39 is 5.97 Å². The molecule has 5 nitrogen and oxygen atoms in total. The minimum Gasteiger partial charge on any atom is -0.478 e. The van der Waals surface area contributed by atoms with Gasteiger partial charge < -0.3 is 5.11 Å².